The number of fused-ring (bicyclic) bond motifs is 1. The van der Waals surface area contributed by atoms with Crippen molar-refractivity contribution in [3.8, 4) is 0 Å². The van der Waals surface area contributed by atoms with E-state index in [1.54, 1.807) is 6.92 Å². The predicted octanol–water partition coefficient (Wildman–Crippen LogP) is 2.73. The van der Waals surface area contributed by atoms with Gasteiger partial charge in [0.05, 0.1) is 6.61 Å². The second-order valence-corrected chi connectivity index (χ2v) is 4.64. The number of esters is 1. The number of hydrogen-bond acceptors (Lipinski definition) is 4. The van der Waals surface area contributed by atoms with Crippen molar-refractivity contribution in [2.75, 3.05) is 6.61 Å². The van der Waals surface area contributed by atoms with Crippen LogP contribution in [0.5, 0.6) is 0 Å². The van der Waals surface area contributed by atoms with Crippen molar-refractivity contribution >= 4 is 16.7 Å². The summed E-state index contributed by atoms with van der Waals surface area (Å²) in [6.07, 6.45) is 0.591. The van der Waals surface area contributed by atoms with Crippen molar-refractivity contribution < 1.29 is 9.53 Å². The Balaban J connectivity index is 1.87. The number of carbonyl (C=O) groups is 1. The Morgan fingerprint density at radius 1 is 1.19 bits per heavy atom. The first-order chi connectivity index (χ1) is 10.3. The molecule has 21 heavy (non-hydrogen) atoms. The predicted molar refractivity (Wildman–Crippen MR) is 79.1 cm³/mol. The third kappa shape index (κ3) is 2.76. The smallest absolute Gasteiger partial charge is 0.378 e. The number of carbonyl (C=O) groups excluding carboxylic acids is 1. The highest BCUT2D eigenvalue weighted by atomic mass is 16.5. The molecule has 0 amide bonds. The van der Waals surface area contributed by atoms with Crippen LogP contribution in [0.1, 0.15) is 28.9 Å². The molecule has 0 saturated heterocycles. The van der Waals surface area contributed by atoms with Gasteiger partial charge in [0.25, 0.3) is 5.82 Å². The third-order valence-electron chi connectivity index (χ3n) is 3.23. The maximum absolute atomic E-state index is 11.6. The normalized spacial score (nSPS) is 10.7. The minimum atomic E-state index is -0.502. The van der Waals surface area contributed by atoms with E-state index in [0.29, 0.717) is 18.9 Å². The fourth-order valence-electron chi connectivity index (χ4n) is 2.29. The summed E-state index contributed by atoms with van der Waals surface area (Å²) in [7, 11) is 0. The summed E-state index contributed by atoms with van der Waals surface area (Å²) < 4.78 is 4.88. The topological polar surface area (TPSA) is 67.9 Å². The number of nitrogens with zero attached hydrogens (tertiary/aromatic N) is 2. The highest BCUT2D eigenvalue weighted by Gasteiger charge is 2.14. The Hall–Kier alpha value is -2.69. The number of H-pyrrole nitrogens is 1. The molecule has 0 aliphatic heterocycles. The second-order valence-electron chi connectivity index (χ2n) is 4.64. The summed E-state index contributed by atoms with van der Waals surface area (Å²) in [6.45, 7) is 2.06. The van der Waals surface area contributed by atoms with Crippen LogP contribution in [-0.2, 0) is 11.2 Å². The van der Waals surface area contributed by atoms with E-state index in [1.165, 1.54) is 10.8 Å². The lowest BCUT2D eigenvalue weighted by atomic mass is 10.0. The van der Waals surface area contributed by atoms with Gasteiger partial charge in [-0.1, -0.05) is 42.5 Å². The van der Waals surface area contributed by atoms with E-state index in [1.807, 2.05) is 18.2 Å². The van der Waals surface area contributed by atoms with E-state index in [-0.39, 0.29) is 5.82 Å². The van der Waals surface area contributed by atoms with Gasteiger partial charge in [0.15, 0.2) is 0 Å². The molecule has 0 aliphatic carbocycles. The number of hydrogen-bond donors (Lipinski definition) is 1. The van der Waals surface area contributed by atoms with Gasteiger partial charge in [-0.15, -0.1) is 5.10 Å². The second kappa shape index (κ2) is 5.75. The fraction of sp³-hybridized carbons (Fsp3) is 0.188. The van der Waals surface area contributed by atoms with Gasteiger partial charge in [-0.05, 0) is 23.3 Å². The zero-order valence-electron chi connectivity index (χ0n) is 11.7. The van der Waals surface area contributed by atoms with Crippen molar-refractivity contribution in [1.29, 1.82) is 0 Å². The summed E-state index contributed by atoms with van der Waals surface area (Å²) in [5.41, 5.74) is 1.14. The van der Waals surface area contributed by atoms with Crippen molar-refractivity contribution in [2.24, 2.45) is 0 Å². The molecule has 5 heteroatoms. The van der Waals surface area contributed by atoms with Gasteiger partial charge in [0, 0.05) is 6.42 Å². The Labute approximate surface area is 122 Å². The minimum Gasteiger partial charge on any atom is -0.460 e. The molecular weight excluding hydrogens is 266 g/mol. The maximum atomic E-state index is 11.6. The van der Waals surface area contributed by atoms with Crippen LogP contribution in [-0.4, -0.2) is 27.8 Å². The molecule has 0 spiro atoms. The Bertz CT molecular complexity index is 775. The number of benzene rings is 2. The largest absolute Gasteiger partial charge is 0.460 e. The first-order valence-electron chi connectivity index (χ1n) is 6.83. The number of ether oxygens (including phenoxy) is 1. The van der Waals surface area contributed by atoms with Gasteiger partial charge in [0.2, 0.25) is 0 Å². The molecule has 0 unspecified atom stereocenters. The van der Waals surface area contributed by atoms with Crippen molar-refractivity contribution in [2.45, 2.75) is 13.3 Å². The number of aromatic nitrogens is 3. The van der Waals surface area contributed by atoms with E-state index < -0.39 is 5.97 Å². The quantitative estimate of drug-likeness (QED) is 0.747. The zero-order valence-corrected chi connectivity index (χ0v) is 11.7. The lowest BCUT2D eigenvalue weighted by molar-refractivity contribution is 0.0512. The summed E-state index contributed by atoms with van der Waals surface area (Å²) in [6, 6.07) is 14.3. The first kappa shape index (κ1) is 13.3. The number of aromatic amines is 1. The molecule has 3 rings (SSSR count). The monoisotopic (exact) mass is 281 g/mol. The molecule has 1 aromatic heterocycles. The number of rotatable bonds is 4. The average Bonchev–Trinajstić information content (AvgIpc) is 2.97. The molecule has 3 aromatic rings. The molecule has 1 N–H and O–H groups in total. The molecule has 1 heterocycles. The van der Waals surface area contributed by atoms with E-state index in [0.717, 1.165) is 5.56 Å². The molecule has 5 nitrogen and oxygen atoms in total. The van der Waals surface area contributed by atoms with Crippen molar-refractivity contribution in [3.05, 3.63) is 59.7 Å². The van der Waals surface area contributed by atoms with Gasteiger partial charge in [0.1, 0.15) is 5.82 Å². The molecular formula is C16H15N3O2. The van der Waals surface area contributed by atoms with Crippen LogP contribution in [0.4, 0.5) is 0 Å². The fourth-order valence-corrected chi connectivity index (χ4v) is 2.29. The van der Waals surface area contributed by atoms with Crippen LogP contribution in [0.2, 0.25) is 0 Å². The van der Waals surface area contributed by atoms with E-state index >= 15 is 0 Å². The minimum absolute atomic E-state index is 0.0760. The highest BCUT2D eigenvalue weighted by molar-refractivity contribution is 5.86. The Morgan fingerprint density at radius 3 is 2.86 bits per heavy atom. The average molecular weight is 281 g/mol. The maximum Gasteiger partial charge on any atom is 0.378 e. The third-order valence-corrected chi connectivity index (χ3v) is 3.23. The van der Waals surface area contributed by atoms with Gasteiger partial charge in [-0.25, -0.2) is 9.78 Å². The summed E-state index contributed by atoms with van der Waals surface area (Å²) >= 11 is 0. The van der Waals surface area contributed by atoms with Crippen molar-refractivity contribution in [1.82, 2.24) is 15.2 Å². The molecule has 0 aliphatic rings. The molecule has 0 fully saturated rings. The van der Waals surface area contributed by atoms with Crippen LogP contribution in [0.3, 0.4) is 0 Å². The SMILES string of the molecule is CCOC(=O)c1n[nH]c(Cc2cccc3ccccc23)n1. The lowest BCUT2D eigenvalue weighted by Gasteiger charge is -2.04. The molecule has 0 radical (unpaired) electrons. The first-order valence-corrected chi connectivity index (χ1v) is 6.83. The number of nitrogens with one attached hydrogen (secondary N) is 1. The van der Waals surface area contributed by atoms with E-state index in [4.69, 9.17) is 4.74 Å². The Morgan fingerprint density at radius 2 is 2.00 bits per heavy atom. The summed E-state index contributed by atoms with van der Waals surface area (Å²) in [5, 5.41) is 9.05. The van der Waals surface area contributed by atoms with Crippen LogP contribution < -0.4 is 0 Å². The zero-order chi connectivity index (χ0) is 14.7. The van der Waals surface area contributed by atoms with Gasteiger partial charge in [-0.2, -0.15) is 0 Å². The van der Waals surface area contributed by atoms with Gasteiger partial charge >= 0.3 is 5.97 Å². The van der Waals surface area contributed by atoms with Gasteiger partial charge in [-0.3, -0.25) is 5.10 Å². The van der Waals surface area contributed by atoms with Gasteiger partial charge < -0.3 is 4.74 Å². The molecule has 0 atom stereocenters. The summed E-state index contributed by atoms with van der Waals surface area (Å²) in [5.74, 6) is 0.222. The molecule has 0 saturated carbocycles. The van der Waals surface area contributed by atoms with Crippen LogP contribution in [0.25, 0.3) is 10.8 Å². The molecule has 106 valence electrons. The van der Waals surface area contributed by atoms with Crippen LogP contribution in [0, 0.1) is 0 Å². The van der Waals surface area contributed by atoms with E-state index in [2.05, 4.69) is 39.4 Å². The van der Waals surface area contributed by atoms with Crippen molar-refractivity contribution in [3.63, 3.8) is 0 Å². The standard InChI is InChI=1S/C16H15N3O2/c1-2-21-16(20)15-17-14(18-19-15)10-12-8-5-7-11-6-3-4-9-13(11)12/h3-9H,2,10H2,1H3,(H,17,18,19). The Kier molecular flexibility index (Phi) is 3.64. The highest BCUT2D eigenvalue weighted by Crippen LogP contribution is 2.20. The summed E-state index contributed by atoms with van der Waals surface area (Å²) in [4.78, 5) is 15.7. The van der Waals surface area contributed by atoms with Crippen LogP contribution >= 0.6 is 0 Å². The molecule has 0 bridgehead atoms. The molecule has 2 aromatic carbocycles. The van der Waals surface area contributed by atoms with E-state index in [9.17, 15) is 4.79 Å². The lowest BCUT2D eigenvalue weighted by Crippen LogP contribution is -2.06. The van der Waals surface area contributed by atoms with Crippen LogP contribution in [0.15, 0.2) is 42.5 Å².